The Morgan fingerprint density at radius 2 is 1.68 bits per heavy atom. The average Bonchev–Trinajstić information content (AvgIpc) is 2.75. The molecule has 0 atom stereocenters. The fourth-order valence-electron chi connectivity index (χ4n) is 2.32. The van der Waals surface area contributed by atoms with Crippen molar-refractivity contribution in [2.24, 2.45) is 7.05 Å². The first-order valence-electron chi connectivity index (χ1n) is 7.26. The SMILES string of the molecule is Cn1cc(Cl)cc1C(=O)N1CCN(C(=O)OC(C)(C)C)CC1. The lowest BCUT2D eigenvalue weighted by Crippen LogP contribution is -2.51. The number of ether oxygens (including phenoxy) is 1. The van der Waals surface area contributed by atoms with Gasteiger partial charge in [-0.25, -0.2) is 4.79 Å². The van der Waals surface area contributed by atoms with Gasteiger partial charge < -0.3 is 19.1 Å². The van der Waals surface area contributed by atoms with Crippen LogP contribution >= 0.6 is 11.6 Å². The number of hydrogen-bond donors (Lipinski definition) is 0. The van der Waals surface area contributed by atoms with Gasteiger partial charge in [0.2, 0.25) is 0 Å². The molecule has 1 fully saturated rings. The Balaban J connectivity index is 1.93. The first kappa shape index (κ1) is 16.7. The molecule has 2 rings (SSSR count). The smallest absolute Gasteiger partial charge is 0.410 e. The standard InChI is InChI=1S/C15H22ClN3O3/c1-15(2,3)22-14(21)19-7-5-18(6-8-19)13(20)12-9-11(16)10-17(12)4/h9-10H,5-8H2,1-4H3. The highest BCUT2D eigenvalue weighted by atomic mass is 35.5. The molecule has 122 valence electrons. The predicted octanol–water partition coefficient (Wildman–Crippen LogP) is 2.37. The van der Waals surface area contributed by atoms with Crippen molar-refractivity contribution in [3.63, 3.8) is 0 Å². The number of halogens is 1. The summed E-state index contributed by atoms with van der Waals surface area (Å²) in [6, 6.07) is 1.66. The lowest BCUT2D eigenvalue weighted by Gasteiger charge is -2.35. The van der Waals surface area contributed by atoms with E-state index in [1.165, 1.54) is 0 Å². The highest BCUT2D eigenvalue weighted by molar-refractivity contribution is 6.31. The molecular formula is C15H22ClN3O3. The van der Waals surface area contributed by atoms with E-state index in [1.807, 2.05) is 20.8 Å². The fraction of sp³-hybridized carbons (Fsp3) is 0.600. The molecule has 0 spiro atoms. The van der Waals surface area contributed by atoms with Crippen molar-refractivity contribution in [3.05, 3.63) is 23.0 Å². The molecule has 0 aliphatic carbocycles. The number of hydrogen-bond acceptors (Lipinski definition) is 3. The lowest BCUT2D eigenvalue weighted by molar-refractivity contribution is 0.0139. The summed E-state index contributed by atoms with van der Waals surface area (Å²) in [6.45, 7) is 7.43. The van der Waals surface area contributed by atoms with Gasteiger partial charge in [0.05, 0.1) is 5.02 Å². The lowest BCUT2D eigenvalue weighted by atomic mass is 10.2. The molecule has 0 aromatic carbocycles. The fourth-order valence-corrected chi connectivity index (χ4v) is 2.57. The predicted molar refractivity (Wildman–Crippen MR) is 84.1 cm³/mol. The van der Waals surface area contributed by atoms with Gasteiger partial charge in [0.15, 0.2) is 0 Å². The van der Waals surface area contributed by atoms with Crippen LogP contribution in [0.25, 0.3) is 0 Å². The second-order valence-corrected chi connectivity index (χ2v) is 6.85. The van der Waals surface area contributed by atoms with E-state index in [4.69, 9.17) is 16.3 Å². The molecule has 1 saturated heterocycles. The van der Waals surface area contributed by atoms with Crippen LogP contribution < -0.4 is 0 Å². The Morgan fingerprint density at radius 1 is 1.14 bits per heavy atom. The number of aryl methyl sites for hydroxylation is 1. The maximum Gasteiger partial charge on any atom is 0.410 e. The summed E-state index contributed by atoms with van der Waals surface area (Å²) in [7, 11) is 1.79. The van der Waals surface area contributed by atoms with Crippen LogP contribution in [-0.2, 0) is 11.8 Å². The molecule has 1 aromatic rings. The first-order chi connectivity index (χ1) is 10.2. The minimum Gasteiger partial charge on any atom is -0.444 e. The highest BCUT2D eigenvalue weighted by Gasteiger charge is 2.28. The minimum atomic E-state index is -0.510. The normalized spacial score (nSPS) is 15.9. The van der Waals surface area contributed by atoms with E-state index in [0.717, 1.165) is 0 Å². The van der Waals surface area contributed by atoms with Gasteiger partial charge >= 0.3 is 6.09 Å². The molecule has 1 aliphatic rings. The number of rotatable bonds is 1. The molecule has 0 saturated carbocycles. The number of nitrogens with zero attached hydrogens (tertiary/aromatic N) is 3. The van der Waals surface area contributed by atoms with Crippen molar-refractivity contribution in [2.75, 3.05) is 26.2 Å². The van der Waals surface area contributed by atoms with E-state index in [1.54, 1.807) is 33.7 Å². The van der Waals surface area contributed by atoms with Gasteiger partial charge in [0, 0.05) is 39.4 Å². The monoisotopic (exact) mass is 327 g/mol. The van der Waals surface area contributed by atoms with Crippen LogP contribution in [0.2, 0.25) is 5.02 Å². The molecule has 0 unspecified atom stereocenters. The van der Waals surface area contributed by atoms with Crippen molar-refractivity contribution in [1.29, 1.82) is 0 Å². The van der Waals surface area contributed by atoms with Gasteiger partial charge in [-0.1, -0.05) is 11.6 Å². The third-order valence-electron chi connectivity index (χ3n) is 3.41. The number of carbonyl (C=O) groups is 2. The summed E-state index contributed by atoms with van der Waals surface area (Å²) in [5.74, 6) is -0.0711. The van der Waals surface area contributed by atoms with Gasteiger partial charge in [-0.3, -0.25) is 4.79 Å². The molecule has 0 N–H and O–H groups in total. The van der Waals surface area contributed by atoms with Crippen molar-refractivity contribution >= 4 is 23.6 Å². The number of aromatic nitrogens is 1. The Labute approximate surface area is 135 Å². The molecule has 0 radical (unpaired) electrons. The van der Waals surface area contributed by atoms with E-state index >= 15 is 0 Å². The van der Waals surface area contributed by atoms with E-state index in [2.05, 4.69) is 0 Å². The molecule has 22 heavy (non-hydrogen) atoms. The van der Waals surface area contributed by atoms with Crippen molar-refractivity contribution in [3.8, 4) is 0 Å². The zero-order valence-electron chi connectivity index (χ0n) is 13.4. The zero-order chi connectivity index (χ0) is 16.5. The second-order valence-electron chi connectivity index (χ2n) is 6.41. The minimum absolute atomic E-state index is 0.0711. The molecule has 1 aromatic heterocycles. The summed E-state index contributed by atoms with van der Waals surface area (Å²) in [6.07, 6.45) is 1.37. The topological polar surface area (TPSA) is 54.8 Å². The van der Waals surface area contributed by atoms with Crippen molar-refractivity contribution < 1.29 is 14.3 Å². The number of piperazine rings is 1. The maximum absolute atomic E-state index is 12.5. The number of carbonyl (C=O) groups excluding carboxylic acids is 2. The maximum atomic E-state index is 12.5. The van der Waals surface area contributed by atoms with Crippen LogP contribution in [0, 0.1) is 0 Å². The Hall–Kier alpha value is -1.69. The largest absolute Gasteiger partial charge is 0.444 e. The zero-order valence-corrected chi connectivity index (χ0v) is 14.2. The summed E-state index contributed by atoms with van der Waals surface area (Å²) in [5, 5.41) is 0.540. The van der Waals surface area contributed by atoms with Gasteiger partial charge in [0.25, 0.3) is 5.91 Å². The second kappa shape index (κ2) is 6.20. The molecule has 2 heterocycles. The molecule has 2 amide bonds. The van der Waals surface area contributed by atoms with Gasteiger partial charge in [0.1, 0.15) is 11.3 Å². The van der Waals surface area contributed by atoms with Crippen LogP contribution in [0.1, 0.15) is 31.3 Å². The molecule has 6 nitrogen and oxygen atoms in total. The van der Waals surface area contributed by atoms with Gasteiger partial charge in [-0.05, 0) is 26.8 Å². The summed E-state index contributed by atoms with van der Waals surface area (Å²) in [4.78, 5) is 27.8. The van der Waals surface area contributed by atoms with Gasteiger partial charge in [-0.15, -0.1) is 0 Å². The van der Waals surface area contributed by atoms with E-state index in [9.17, 15) is 9.59 Å². The van der Waals surface area contributed by atoms with Crippen molar-refractivity contribution in [2.45, 2.75) is 26.4 Å². The molecular weight excluding hydrogens is 306 g/mol. The third kappa shape index (κ3) is 3.94. The summed E-state index contributed by atoms with van der Waals surface area (Å²) < 4.78 is 7.06. The quantitative estimate of drug-likeness (QED) is 0.795. The van der Waals surface area contributed by atoms with Crippen LogP contribution in [0.5, 0.6) is 0 Å². The first-order valence-corrected chi connectivity index (χ1v) is 7.64. The third-order valence-corrected chi connectivity index (χ3v) is 3.62. The molecule has 0 bridgehead atoms. The highest BCUT2D eigenvalue weighted by Crippen LogP contribution is 2.17. The van der Waals surface area contributed by atoms with Crippen LogP contribution in [0.3, 0.4) is 0 Å². The molecule has 7 heteroatoms. The molecule has 1 aliphatic heterocycles. The van der Waals surface area contributed by atoms with Crippen LogP contribution in [-0.4, -0.2) is 58.1 Å². The average molecular weight is 328 g/mol. The Kier molecular flexibility index (Phi) is 4.70. The Bertz CT molecular complexity index is 569. The summed E-state index contributed by atoms with van der Waals surface area (Å²) in [5.41, 5.74) is 0.0415. The van der Waals surface area contributed by atoms with E-state index < -0.39 is 5.60 Å². The van der Waals surface area contributed by atoms with Crippen molar-refractivity contribution in [1.82, 2.24) is 14.4 Å². The van der Waals surface area contributed by atoms with Crippen LogP contribution in [0.4, 0.5) is 4.79 Å². The Morgan fingerprint density at radius 3 is 2.14 bits per heavy atom. The summed E-state index contributed by atoms with van der Waals surface area (Å²) >= 11 is 5.91. The van der Waals surface area contributed by atoms with E-state index in [-0.39, 0.29) is 12.0 Å². The van der Waals surface area contributed by atoms with E-state index in [0.29, 0.717) is 36.9 Å². The van der Waals surface area contributed by atoms with Crippen LogP contribution in [0.15, 0.2) is 12.3 Å². The van der Waals surface area contributed by atoms with Gasteiger partial charge in [-0.2, -0.15) is 0 Å². The number of amides is 2.